The maximum Gasteiger partial charge on any atom is 0.136 e. The van der Waals surface area contributed by atoms with Gasteiger partial charge in [-0.2, -0.15) is 0 Å². The molecule has 1 aromatic heterocycles. The molecule has 1 aromatic carbocycles. The number of fused-ring (bicyclic) bond motifs is 1. The van der Waals surface area contributed by atoms with Crippen LogP contribution in [0.25, 0.3) is 11.0 Å². The van der Waals surface area contributed by atoms with E-state index in [4.69, 9.17) is 4.74 Å². The molecule has 0 saturated carbocycles. The van der Waals surface area contributed by atoms with Crippen LogP contribution in [0.4, 0.5) is 0 Å². The first-order valence-corrected chi connectivity index (χ1v) is 6.45. The predicted octanol–water partition coefficient (Wildman–Crippen LogP) is 3.18. The summed E-state index contributed by atoms with van der Waals surface area (Å²) in [6, 6.07) is 8.07. The van der Waals surface area contributed by atoms with E-state index >= 15 is 0 Å². The van der Waals surface area contributed by atoms with E-state index in [-0.39, 0.29) is 6.10 Å². The van der Waals surface area contributed by atoms with Crippen molar-refractivity contribution in [1.29, 1.82) is 0 Å². The number of para-hydroxylation sites is 2. The monoisotopic (exact) mass is 280 g/mol. The topological polar surface area (TPSA) is 37.9 Å². The summed E-state index contributed by atoms with van der Waals surface area (Å²) >= 11 is 3.65. The van der Waals surface area contributed by atoms with E-state index in [1.807, 2.05) is 24.3 Å². The summed E-state index contributed by atoms with van der Waals surface area (Å²) in [6.45, 7) is 0.803. The molecule has 1 aliphatic rings. The number of nitrogens with zero attached hydrogens (tertiary/aromatic N) is 1. The molecular weight excluding hydrogens is 268 g/mol. The summed E-state index contributed by atoms with van der Waals surface area (Å²) in [5, 5.41) is 0. The lowest BCUT2D eigenvalue weighted by Gasteiger charge is -2.24. The number of nitrogens with one attached hydrogen (secondary N) is 1. The lowest BCUT2D eigenvalue weighted by molar-refractivity contribution is 0.0139. The zero-order chi connectivity index (χ0) is 11.0. The maximum atomic E-state index is 5.74. The molecular formula is C12H13BrN2O. The molecule has 1 N–H and O–H groups in total. The van der Waals surface area contributed by atoms with E-state index in [2.05, 4.69) is 25.9 Å². The number of aromatic amines is 1. The van der Waals surface area contributed by atoms with Crippen molar-refractivity contribution in [3.05, 3.63) is 30.1 Å². The molecule has 4 heteroatoms. The van der Waals surface area contributed by atoms with Gasteiger partial charge in [0.2, 0.25) is 0 Å². The van der Waals surface area contributed by atoms with Crippen LogP contribution in [-0.2, 0) is 4.74 Å². The quantitative estimate of drug-likeness (QED) is 0.815. The second-order valence-corrected chi connectivity index (χ2v) is 5.42. The number of halogens is 1. The smallest absolute Gasteiger partial charge is 0.136 e. The molecule has 2 aromatic rings. The molecule has 1 saturated heterocycles. The van der Waals surface area contributed by atoms with Crippen molar-refractivity contribution in [3.63, 3.8) is 0 Å². The highest BCUT2D eigenvalue weighted by atomic mass is 79.9. The average Bonchev–Trinajstić information content (AvgIpc) is 2.72. The molecule has 0 amide bonds. The minimum absolute atomic E-state index is 0.102. The van der Waals surface area contributed by atoms with Crippen LogP contribution in [-0.4, -0.2) is 21.4 Å². The van der Waals surface area contributed by atoms with Gasteiger partial charge >= 0.3 is 0 Å². The Kier molecular flexibility index (Phi) is 2.69. The van der Waals surface area contributed by atoms with Crippen molar-refractivity contribution in [2.75, 3.05) is 6.61 Å². The average molecular weight is 281 g/mol. The lowest BCUT2D eigenvalue weighted by atomic mass is 10.1. The van der Waals surface area contributed by atoms with Crippen LogP contribution in [0, 0.1) is 0 Å². The number of alkyl halides is 1. The summed E-state index contributed by atoms with van der Waals surface area (Å²) in [5.41, 5.74) is 2.09. The predicted molar refractivity (Wildman–Crippen MR) is 66.7 cm³/mol. The molecule has 0 spiro atoms. The van der Waals surface area contributed by atoms with E-state index in [1.165, 1.54) is 0 Å². The third-order valence-corrected chi connectivity index (χ3v) is 3.76. The van der Waals surface area contributed by atoms with Crippen LogP contribution in [0.3, 0.4) is 0 Å². The Morgan fingerprint density at radius 1 is 1.38 bits per heavy atom. The van der Waals surface area contributed by atoms with E-state index in [9.17, 15) is 0 Å². The van der Waals surface area contributed by atoms with Crippen LogP contribution < -0.4 is 0 Å². The highest BCUT2D eigenvalue weighted by molar-refractivity contribution is 9.09. The first-order chi connectivity index (χ1) is 7.83. The number of H-pyrrole nitrogens is 1. The van der Waals surface area contributed by atoms with Crippen molar-refractivity contribution in [3.8, 4) is 0 Å². The van der Waals surface area contributed by atoms with Crippen molar-refractivity contribution in [1.82, 2.24) is 9.97 Å². The highest BCUT2D eigenvalue weighted by Crippen LogP contribution is 2.30. The van der Waals surface area contributed by atoms with Gasteiger partial charge in [-0.3, -0.25) is 0 Å². The Bertz CT molecular complexity index is 463. The SMILES string of the molecule is BrC1CCOC(c2nc3ccccc3[nH]2)C1. The number of rotatable bonds is 1. The van der Waals surface area contributed by atoms with Gasteiger partial charge in [0, 0.05) is 11.4 Å². The molecule has 1 fully saturated rings. The zero-order valence-electron chi connectivity index (χ0n) is 8.82. The molecule has 16 heavy (non-hydrogen) atoms. The Labute approximate surface area is 102 Å². The largest absolute Gasteiger partial charge is 0.370 e. The molecule has 3 rings (SSSR count). The third-order valence-electron chi connectivity index (χ3n) is 2.93. The Hall–Kier alpha value is -0.870. The fraction of sp³-hybridized carbons (Fsp3) is 0.417. The first kappa shape index (κ1) is 10.3. The fourth-order valence-corrected chi connectivity index (χ4v) is 2.60. The minimum atomic E-state index is 0.102. The molecule has 0 bridgehead atoms. The molecule has 1 aliphatic heterocycles. The molecule has 2 unspecified atom stereocenters. The zero-order valence-corrected chi connectivity index (χ0v) is 10.4. The number of aromatic nitrogens is 2. The van der Waals surface area contributed by atoms with E-state index < -0.39 is 0 Å². The van der Waals surface area contributed by atoms with Crippen molar-refractivity contribution >= 4 is 27.0 Å². The van der Waals surface area contributed by atoms with Crippen molar-refractivity contribution in [2.45, 2.75) is 23.8 Å². The van der Waals surface area contributed by atoms with Crippen LogP contribution in [0.5, 0.6) is 0 Å². The molecule has 2 heterocycles. The number of imidazole rings is 1. The van der Waals surface area contributed by atoms with E-state index in [0.717, 1.165) is 36.3 Å². The van der Waals surface area contributed by atoms with Gasteiger partial charge in [-0.25, -0.2) is 4.98 Å². The van der Waals surface area contributed by atoms with E-state index in [0.29, 0.717) is 4.83 Å². The summed E-state index contributed by atoms with van der Waals surface area (Å²) in [7, 11) is 0. The van der Waals surface area contributed by atoms with Gasteiger partial charge in [0.05, 0.1) is 11.0 Å². The molecule has 2 atom stereocenters. The van der Waals surface area contributed by atoms with Gasteiger partial charge in [-0.15, -0.1) is 0 Å². The Balaban J connectivity index is 1.93. The fourth-order valence-electron chi connectivity index (χ4n) is 2.07. The molecule has 84 valence electrons. The second kappa shape index (κ2) is 4.18. The second-order valence-electron chi connectivity index (χ2n) is 4.12. The summed E-state index contributed by atoms with van der Waals surface area (Å²) < 4.78 is 5.74. The Morgan fingerprint density at radius 3 is 3.06 bits per heavy atom. The standard InChI is InChI=1S/C12H13BrN2O/c13-8-5-6-16-11(7-8)12-14-9-3-1-2-4-10(9)15-12/h1-4,8,11H,5-7H2,(H,14,15). The van der Waals surface area contributed by atoms with Gasteiger partial charge in [0.1, 0.15) is 11.9 Å². The normalized spacial score (nSPS) is 26.1. The maximum absolute atomic E-state index is 5.74. The van der Waals surface area contributed by atoms with Crippen LogP contribution >= 0.6 is 15.9 Å². The molecule has 3 nitrogen and oxygen atoms in total. The van der Waals surface area contributed by atoms with Crippen LogP contribution in [0.15, 0.2) is 24.3 Å². The van der Waals surface area contributed by atoms with Gasteiger partial charge in [0.25, 0.3) is 0 Å². The summed E-state index contributed by atoms with van der Waals surface area (Å²) in [6.07, 6.45) is 2.17. The number of hydrogen-bond donors (Lipinski definition) is 1. The number of ether oxygens (including phenoxy) is 1. The van der Waals surface area contributed by atoms with Crippen LogP contribution in [0.1, 0.15) is 24.8 Å². The first-order valence-electron chi connectivity index (χ1n) is 5.53. The van der Waals surface area contributed by atoms with Gasteiger partial charge in [0.15, 0.2) is 0 Å². The highest BCUT2D eigenvalue weighted by Gasteiger charge is 2.24. The van der Waals surface area contributed by atoms with Gasteiger partial charge < -0.3 is 9.72 Å². The summed E-state index contributed by atoms with van der Waals surface area (Å²) in [4.78, 5) is 8.44. The minimum Gasteiger partial charge on any atom is -0.370 e. The number of benzene rings is 1. The van der Waals surface area contributed by atoms with Crippen molar-refractivity contribution in [2.24, 2.45) is 0 Å². The third kappa shape index (κ3) is 1.87. The molecule has 0 aliphatic carbocycles. The lowest BCUT2D eigenvalue weighted by Crippen LogP contribution is -2.20. The van der Waals surface area contributed by atoms with E-state index in [1.54, 1.807) is 0 Å². The van der Waals surface area contributed by atoms with Gasteiger partial charge in [-0.1, -0.05) is 28.1 Å². The summed E-state index contributed by atoms with van der Waals surface area (Å²) in [5.74, 6) is 0.949. The van der Waals surface area contributed by atoms with Crippen molar-refractivity contribution < 1.29 is 4.74 Å². The number of hydrogen-bond acceptors (Lipinski definition) is 2. The molecule has 0 radical (unpaired) electrons. The Morgan fingerprint density at radius 2 is 2.25 bits per heavy atom. The van der Waals surface area contributed by atoms with Gasteiger partial charge in [-0.05, 0) is 25.0 Å². The van der Waals surface area contributed by atoms with Crippen LogP contribution in [0.2, 0.25) is 0 Å².